The number of guanidine groups is 1. The Balaban J connectivity index is 1.83. The number of piperazine rings is 1. The molecule has 23 heavy (non-hydrogen) atoms. The molecule has 0 aliphatic carbocycles. The number of esters is 1. The summed E-state index contributed by atoms with van der Waals surface area (Å²) in [4.78, 5) is 19.9. The summed E-state index contributed by atoms with van der Waals surface area (Å²) in [6, 6.07) is 7.91. The van der Waals surface area contributed by atoms with Gasteiger partial charge in [0.15, 0.2) is 5.96 Å². The second-order valence-corrected chi connectivity index (χ2v) is 5.69. The van der Waals surface area contributed by atoms with Crippen LogP contribution in [-0.2, 0) is 9.53 Å². The van der Waals surface area contributed by atoms with Gasteiger partial charge in [0.1, 0.15) is 0 Å². The summed E-state index contributed by atoms with van der Waals surface area (Å²) >= 11 is 6.06. The first-order valence-electron chi connectivity index (χ1n) is 7.67. The quantitative estimate of drug-likeness (QED) is 0.513. The van der Waals surface area contributed by atoms with Gasteiger partial charge in [-0.15, -0.1) is 0 Å². The van der Waals surface area contributed by atoms with Crippen molar-refractivity contribution in [3.63, 3.8) is 0 Å². The van der Waals surface area contributed by atoms with E-state index in [9.17, 15) is 4.79 Å². The van der Waals surface area contributed by atoms with E-state index in [0.717, 1.165) is 42.8 Å². The molecular weight excluding hydrogens is 316 g/mol. The number of hydrogen-bond acceptors (Lipinski definition) is 4. The standard InChI is InChI=1S/C16H23ClN4O2/c1-18-16(19-7-6-15(22)23-2)21-10-8-20(9-11-21)14-5-3-4-13(17)12-14/h3-5,12H,6-11H2,1-2H3,(H,18,19). The Bertz CT molecular complexity index is 557. The first-order chi connectivity index (χ1) is 11.1. The lowest BCUT2D eigenvalue weighted by Gasteiger charge is -2.37. The number of carbonyl (C=O) groups is 1. The van der Waals surface area contributed by atoms with Gasteiger partial charge in [0.2, 0.25) is 0 Å². The number of ether oxygens (including phenoxy) is 1. The number of carbonyl (C=O) groups excluding carboxylic acids is 1. The van der Waals surface area contributed by atoms with Crippen LogP contribution < -0.4 is 10.2 Å². The molecule has 6 nitrogen and oxygen atoms in total. The van der Waals surface area contributed by atoms with Crippen LogP contribution in [0.2, 0.25) is 5.02 Å². The Hall–Kier alpha value is -1.95. The third kappa shape index (κ3) is 5.03. The van der Waals surface area contributed by atoms with E-state index in [-0.39, 0.29) is 5.97 Å². The van der Waals surface area contributed by atoms with Crippen molar-refractivity contribution in [3.05, 3.63) is 29.3 Å². The normalized spacial score (nSPS) is 15.5. The maximum atomic E-state index is 11.2. The summed E-state index contributed by atoms with van der Waals surface area (Å²) in [5.74, 6) is 0.596. The summed E-state index contributed by atoms with van der Waals surface area (Å²) in [5, 5.41) is 3.96. The fourth-order valence-corrected chi connectivity index (χ4v) is 2.74. The Morgan fingerprint density at radius 1 is 1.35 bits per heavy atom. The molecule has 2 rings (SSSR count). The average Bonchev–Trinajstić information content (AvgIpc) is 2.59. The van der Waals surface area contributed by atoms with E-state index in [0.29, 0.717) is 13.0 Å². The lowest BCUT2D eigenvalue weighted by atomic mass is 10.2. The Morgan fingerprint density at radius 2 is 2.09 bits per heavy atom. The zero-order valence-corrected chi connectivity index (χ0v) is 14.3. The summed E-state index contributed by atoms with van der Waals surface area (Å²) < 4.78 is 4.63. The Kier molecular flexibility index (Phi) is 6.52. The highest BCUT2D eigenvalue weighted by molar-refractivity contribution is 6.30. The van der Waals surface area contributed by atoms with Crippen LogP contribution in [0.1, 0.15) is 6.42 Å². The summed E-state index contributed by atoms with van der Waals surface area (Å²) in [5.41, 5.74) is 1.14. The van der Waals surface area contributed by atoms with Gasteiger partial charge in [-0.1, -0.05) is 17.7 Å². The van der Waals surface area contributed by atoms with Crippen LogP contribution in [0.5, 0.6) is 0 Å². The van der Waals surface area contributed by atoms with Gasteiger partial charge in [0.05, 0.1) is 13.5 Å². The predicted octanol–water partition coefficient (Wildman–Crippen LogP) is 1.60. The van der Waals surface area contributed by atoms with Gasteiger partial charge in [0.25, 0.3) is 0 Å². The molecule has 1 fully saturated rings. The van der Waals surface area contributed by atoms with Crippen LogP contribution in [0.4, 0.5) is 5.69 Å². The number of benzene rings is 1. The van der Waals surface area contributed by atoms with Crippen molar-refractivity contribution >= 4 is 29.2 Å². The van der Waals surface area contributed by atoms with Gasteiger partial charge in [-0.25, -0.2) is 0 Å². The van der Waals surface area contributed by atoms with Gasteiger partial charge >= 0.3 is 5.97 Å². The molecule has 1 aromatic carbocycles. The van der Waals surface area contributed by atoms with Gasteiger partial charge in [-0.05, 0) is 18.2 Å². The molecule has 0 unspecified atom stereocenters. The second kappa shape index (κ2) is 8.62. The number of rotatable bonds is 4. The number of anilines is 1. The summed E-state index contributed by atoms with van der Waals surface area (Å²) in [7, 11) is 3.15. The minimum absolute atomic E-state index is 0.223. The minimum atomic E-state index is -0.223. The van der Waals surface area contributed by atoms with E-state index < -0.39 is 0 Å². The fourth-order valence-electron chi connectivity index (χ4n) is 2.56. The zero-order chi connectivity index (χ0) is 16.7. The third-order valence-electron chi connectivity index (χ3n) is 3.80. The van der Waals surface area contributed by atoms with Gasteiger partial charge in [-0.2, -0.15) is 0 Å². The molecule has 0 spiro atoms. The molecular formula is C16H23ClN4O2. The number of nitrogens with zero attached hydrogens (tertiary/aromatic N) is 3. The van der Waals surface area contributed by atoms with Crippen LogP contribution >= 0.6 is 11.6 Å². The first-order valence-corrected chi connectivity index (χ1v) is 8.04. The van der Waals surface area contributed by atoms with Crippen LogP contribution in [0, 0.1) is 0 Å². The molecule has 0 aromatic heterocycles. The smallest absolute Gasteiger partial charge is 0.307 e. The molecule has 126 valence electrons. The van der Waals surface area contributed by atoms with E-state index in [1.54, 1.807) is 7.05 Å². The molecule has 1 heterocycles. The van der Waals surface area contributed by atoms with Crippen molar-refractivity contribution in [2.24, 2.45) is 4.99 Å². The number of methoxy groups -OCH3 is 1. The van der Waals surface area contributed by atoms with E-state index in [4.69, 9.17) is 11.6 Å². The van der Waals surface area contributed by atoms with E-state index in [1.807, 2.05) is 18.2 Å². The predicted molar refractivity (Wildman–Crippen MR) is 93.2 cm³/mol. The van der Waals surface area contributed by atoms with Crippen LogP contribution in [0.15, 0.2) is 29.3 Å². The number of halogens is 1. The topological polar surface area (TPSA) is 57.2 Å². The molecule has 7 heteroatoms. The summed E-state index contributed by atoms with van der Waals surface area (Å²) in [6.07, 6.45) is 0.331. The summed E-state index contributed by atoms with van der Waals surface area (Å²) in [6.45, 7) is 4.05. The van der Waals surface area contributed by atoms with Crippen molar-refractivity contribution in [1.29, 1.82) is 0 Å². The van der Waals surface area contributed by atoms with Crippen molar-refractivity contribution in [3.8, 4) is 0 Å². The lowest BCUT2D eigenvalue weighted by molar-refractivity contribution is -0.140. The first kappa shape index (κ1) is 17.4. The molecule has 1 N–H and O–H groups in total. The number of hydrogen-bond donors (Lipinski definition) is 1. The molecule has 0 bridgehead atoms. The average molecular weight is 339 g/mol. The van der Waals surface area contributed by atoms with Gasteiger partial charge in [-0.3, -0.25) is 9.79 Å². The highest BCUT2D eigenvalue weighted by atomic mass is 35.5. The molecule has 0 atom stereocenters. The Morgan fingerprint density at radius 3 is 2.70 bits per heavy atom. The molecule has 0 saturated carbocycles. The van der Waals surface area contributed by atoms with Crippen molar-refractivity contribution < 1.29 is 9.53 Å². The monoisotopic (exact) mass is 338 g/mol. The maximum absolute atomic E-state index is 11.2. The zero-order valence-electron chi connectivity index (χ0n) is 13.6. The molecule has 1 aliphatic heterocycles. The Labute approximate surface area is 142 Å². The molecule has 0 amide bonds. The van der Waals surface area contributed by atoms with Crippen molar-refractivity contribution in [2.75, 3.05) is 51.8 Å². The fraction of sp³-hybridized carbons (Fsp3) is 0.500. The molecule has 1 saturated heterocycles. The van der Waals surface area contributed by atoms with Crippen LogP contribution in [-0.4, -0.2) is 63.7 Å². The maximum Gasteiger partial charge on any atom is 0.307 e. The second-order valence-electron chi connectivity index (χ2n) is 5.25. The van der Waals surface area contributed by atoms with Crippen LogP contribution in [0.3, 0.4) is 0 Å². The number of nitrogens with one attached hydrogen (secondary N) is 1. The van der Waals surface area contributed by atoms with E-state index >= 15 is 0 Å². The molecule has 1 aliphatic rings. The number of aliphatic imine (C=N–C) groups is 1. The van der Waals surface area contributed by atoms with Crippen molar-refractivity contribution in [1.82, 2.24) is 10.2 Å². The van der Waals surface area contributed by atoms with Crippen LogP contribution in [0.25, 0.3) is 0 Å². The van der Waals surface area contributed by atoms with E-state index in [2.05, 4.69) is 30.9 Å². The highest BCUT2D eigenvalue weighted by Gasteiger charge is 2.20. The third-order valence-corrected chi connectivity index (χ3v) is 4.04. The lowest BCUT2D eigenvalue weighted by Crippen LogP contribution is -2.52. The highest BCUT2D eigenvalue weighted by Crippen LogP contribution is 2.20. The minimum Gasteiger partial charge on any atom is -0.469 e. The largest absolute Gasteiger partial charge is 0.469 e. The van der Waals surface area contributed by atoms with Gasteiger partial charge < -0.3 is 19.9 Å². The molecule has 1 aromatic rings. The van der Waals surface area contributed by atoms with Gasteiger partial charge in [0, 0.05) is 50.5 Å². The molecule has 0 radical (unpaired) electrons. The van der Waals surface area contributed by atoms with E-state index in [1.165, 1.54) is 7.11 Å². The van der Waals surface area contributed by atoms with Crippen molar-refractivity contribution in [2.45, 2.75) is 6.42 Å². The SMILES string of the molecule is CN=C(NCCC(=O)OC)N1CCN(c2cccc(Cl)c2)CC1.